The topological polar surface area (TPSA) is 12.0 Å². The molecular weight excluding hydrogens is 278 g/mol. The summed E-state index contributed by atoms with van der Waals surface area (Å²) in [6, 6.07) is 8.41. The van der Waals surface area contributed by atoms with E-state index in [1.807, 2.05) is 6.07 Å². The number of nitrogens with one attached hydrogen (secondary N) is 1. The van der Waals surface area contributed by atoms with Crippen LogP contribution in [-0.4, -0.2) is 13.1 Å². The lowest BCUT2D eigenvalue weighted by Gasteiger charge is -2.35. The molecule has 21 heavy (non-hydrogen) atoms. The summed E-state index contributed by atoms with van der Waals surface area (Å²) >= 11 is 6.13. The van der Waals surface area contributed by atoms with E-state index in [-0.39, 0.29) is 0 Å². The zero-order valence-electron chi connectivity index (χ0n) is 13.7. The molecule has 1 N–H and O–H groups in total. The molecule has 2 heteroatoms. The molecule has 0 amide bonds. The Kier molecular flexibility index (Phi) is 6.57. The first kappa shape index (κ1) is 16.8. The molecule has 0 spiro atoms. The summed E-state index contributed by atoms with van der Waals surface area (Å²) in [6.07, 6.45) is 5.30. The van der Waals surface area contributed by atoms with Crippen molar-refractivity contribution < 1.29 is 0 Å². The third-order valence-electron chi connectivity index (χ3n) is 4.75. The van der Waals surface area contributed by atoms with Gasteiger partial charge in [-0.1, -0.05) is 50.9 Å². The Morgan fingerprint density at radius 3 is 2.76 bits per heavy atom. The van der Waals surface area contributed by atoms with E-state index < -0.39 is 0 Å². The molecule has 2 rings (SSSR count). The molecule has 0 saturated heterocycles. The molecule has 1 fully saturated rings. The van der Waals surface area contributed by atoms with E-state index in [9.17, 15) is 0 Å². The Balaban J connectivity index is 1.94. The smallest absolute Gasteiger partial charge is 0.0408 e. The van der Waals surface area contributed by atoms with Crippen molar-refractivity contribution in [1.29, 1.82) is 0 Å². The Morgan fingerprint density at radius 2 is 2.05 bits per heavy atom. The molecule has 1 aromatic rings. The summed E-state index contributed by atoms with van der Waals surface area (Å²) in [5.41, 5.74) is 1.40. The Hall–Kier alpha value is -0.530. The third kappa shape index (κ3) is 5.64. The second kappa shape index (κ2) is 8.19. The van der Waals surface area contributed by atoms with Crippen LogP contribution in [0.15, 0.2) is 24.3 Å². The van der Waals surface area contributed by atoms with Gasteiger partial charge in [-0.3, -0.25) is 0 Å². The van der Waals surface area contributed by atoms with Crippen LogP contribution >= 0.6 is 11.6 Å². The van der Waals surface area contributed by atoms with Gasteiger partial charge in [0.15, 0.2) is 0 Å². The van der Waals surface area contributed by atoms with Crippen molar-refractivity contribution in [3.63, 3.8) is 0 Å². The molecule has 3 unspecified atom stereocenters. The fourth-order valence-electron chi connectivity index (χ4n) is 3.60. The minimum atomic E-state index is 0.735. The number of hydrogen-bond acceptors (Lipinski definition) is 1. The van der Waals surface area contributed by atoms with E-state index in [1.165, 1.54) is 37.8 Å². The van der Waals surface area contributed by atoms with Crippen molar-refractivity contribution in [2.75, 3.05) is 13.1 Å². The molecule has 1 saturated carbocycles. The van der Waals surface area contributed by atoms with E-state index in [4.69, 9.17) is 11.6 Å². The van der Waals surface area contributed by atoms with Gasteiger partial charge in [-0.25, -0.2) is 0 Å². The summed E-state index contributed by atoms with van der Waals surface area (Å²) in [5, 5.41) is 4.54. The maximum Gasteiger partial charge on any atom is 0.0408 e. The molecule has 118 valence electrons. The van der Waals surface area contributed by atoms with Crippen molar-refractivity contribution in [3.8, 4) is 0 Å². The van der Waals surface area contributed by atoms with E-state index in [1.54, 1.807) is 0 Å². The maximum absolute atomic E-state index is 6.13. The lowest BCUT2D eigenvalue weighted by molar-refractivity contribution is 0.182. The molecule has 0 aliphatic heterocycles. The summed E-state index contributed by atoms with van der Waals surface area (Å²) in [4.78, 5) is 0. The zero-order chi connectivity index (χ0) is 15.2. The molecule has 1 nitrogen and oxygen atoms in total. The largest absolute Gasteiger partial charge is 0.316 e. The minimum absolute atomic E-state index is 0.735. The van der Waals surface area contributed by atoms with Gasteiger partial charge in [0.25, 0.3) is 0 Å². The number of halogens is 1. The van der Waals surface area contributed by atoms with Crippen molar-refractivity contribution in [2.24, 2.45) is 23.7 Å². The molecule has 0 radical (unpaired) electrons. The molecule has 1 aliphatic carbocycles. The average Bonchev–Trinajstić information content (AvgIpc) is 2.41. The van der Waals surface area contributed by atoms with Gasteiger partial charge < -0.3 is 5.32 Å². The molecule has 3 atom stereocenters. The maximum atomic E-state index is 6.13. The highest BCUT2D eigenvalue weighted by atomic mass is 35.5. The average molecular weight is 308 g/mol. The monoisotopic (exact) mass is 307 g/mol. The van der Waals surface area contributed by atoms with Gasteiger partial charge >= 0.3 is 0 Å². The Bertz CT molecular complexity index is 429. The van der Waals surface area contributed by atoms with Gasteiger partial charge in [0.05, 0.1) is 0 Å². The van der Waals surface area contributed by atoms with Crippen molar-refractivity contribution in [2.45, 2.75) is 46.5 Å². The minimum Gasteiger partial charge on any atom is -0.316 e. The third-order valence-corrected chi connectivity index (χ3v) is 4.98. The Labute approximate surface area is 135 Å². The number of rotatable bonds is 6. The van der Waals surface area contributed by atoms with Gasteiger partial charge in [-0.2, -0.15) is 0 Å². The molecule has 1 aromatic carbocycles. The first-order valence-electron chi connectivity index (χ1n) is 8.49. The molecule has 0 aromatic heterocycles. The second-order valence-corrected chi connectivity index (χ2v) is 7.76. The van der Waals surface area contributed by atoms with Gasteiger partial charge in [0.2, 0.25) is 0 Å². The highest BCUT2D eigenvalue weighted by Gasteiger charge is 2.28. The molecule has 0 bridgehead atoms. The van der Waals surface area contributed by atoms with E-state index in [0.29, 0.717) is 0 Å². The Morgan fingerprint density at radius 1 is 1.24 bits per heavy atom. The van der Waals surface area contributed by atoms with Crippen molar-refractivity contribution in [1.82, 2.24) is 5.32 Å². The van der Waals surface area contributed by atoms with Gasteiger partial charge in [0.1, 0.15) is 0 Å². The van der Waals surface area contributed by atoms with Crippen LogP contribution < -0.4 is 5.32 Å². The SMILES string of the molecule is CC(C)CNCC1CCC(C)CC1Cc1cccc(Cl)c1. The van der Waals surface area contributed by atoms with Crippen LogP contribution in [0.5, 0.6) is 0 Å². The predicted molar refractivity (Wildman–Crippen MR) is 92.9 cm³/mol. The lowest BCUT2D eigenvalue weighted by Crippen LogP contribution is -2.35. The number of hydrogen-bond donors (Lipinski definition) is 1. The second-order valence-electron chi connectivity index (χ2n) is 7.32. The quantitative estimate of drug-likeness (QED) is 0.763. The lowest BCUT2D eigenvalue weighted by atomic mass is 9.72. The first-order chi connectivity index (χ1) is 10.0. The van der Waals surface area contributed by atoms with Crippen LogP contribution in [0.4, 0.5) is 0 Å². The van der Waals surface area contributed by atoms with Crippen LogP contribution in [0.2, 0.25) is 5.02 Å². The van der Waals surface area contributed by atoms with Crippen LogP contribution in [0.1, 0.15) is 45.6 Å². The summed E-state index contributed by atoms with van der Waals surface area (Å²) in [7, 11) is 0. The van der Waals surface area contributed by atoms with Crippen LogP contribution in [0.25, 0.3) is 0 Å². The van der Waals surface area contributed by atoms with Crippen LogP contribution in [0.3, 0.4) is 0 Å². The zero-order valence-corrected chi connectivity index (χ0v) is 14.5. The molecule has 0 heterocycles. The van der Waals surface area contributed by atoms with E-state index in [2.05, 4.69) is 44.3 Å². The fourth-order valence-corrected chi connectivity index (χ4v) is 3.82. The summed E-state index contributed by atoms with van der Waals surface area (Å²) in [6.45, 7) is 9.27. The first-order valence-corrected chi connectivity index (χ1v) is 8.87. The van der Waals surface area contributed by atoms with Crippen molar-refractivity contribution in [3.05, 3.63) is 34.9 Å². The van der Waals surface area contributed by atoms with Crippen LogP contribution in [0, 0.1) is 23.7 Å². The summed E-state index contributed by atoms with van der Waals surface area (Å²) < 4.78 is 0. The number of benzene rings is 1. The standard InChI is InChI=1S/C19H30ClN/c1-14(2)12-21-13-17-8-7-15(3)9-18(17)10-16-5-4-6-19(20)11-16/h4-6,11,14-15,17-18,21H,7-10,12-13H2,1-3H3. The predicted octanol–water partition coefficient (Wildman–Crippen LogP) is 5.18. The van der Waals surface area contributed by atoms with Gasteiger partial charge in [-0.05, 0) is 73.7 Å². The molecule has 1 aliphatic rings. The van der Waals surface area contributed by atoms with E-state index >= 15 is 0 Å². The molecular formula is C19H30ClN. The fraction of sp³-hybridized carbons (Fsp3) is 0.684. The highest BCUT2D eigenvalue weighted by molar-refractivity contribution is 6.30. The highest BCUT2D eigenvalue weighted by Crippen LogP contribution is 2.35. The van der Waals surface area contributed by atoms with Crippen LogP contribution in [-0.2, 0) is 6.42 Å². The van der Waals surface area contributed by atoms with Gasteiger partial charge in [0, 0.05) is 5.02 Å². The van der Waals surface area contributed by atoms with Crippen molar-refractivity contribution >= 4 is 11.6 Å². The summed E-state index contributed by atoms with van der Waals surface area (Å²) in [5.74, 6) is 3.22. The van der Waals surface area contributed by atoms with E-state index in [0.717, 1.165) is 35.2 Å². The van der Waals surface area contributed by atoms with Gasteiger partial charge in [-0.15, -0.1) is 0 Å². The normalized spacial score (nSPS) is 26.2.